The molecule has 15 heteroatoms. The van der Waals surface area contributed by atoms with Crippen molar-refractivity contribution in [2.45, 2.75) is 66.2 Å². The number of carbonyl (C=O) groups excluding carboxylic acids is 3. The van der Waals surface area contributed by atoms with Crippen LogP contribution >= 0.6 is 50.1 Å². The number of carbonyl (C=O) groups is 3. The fraction of sp³-hybridized carbons (Fsp3) is 0.372. The number of aromatic amines is 3. The molecule has 0 saturated heterocycles. The molecule has 6 rings (SSSR count). The molecule has 3 aromatic heterocycles. The number of amides is 3. The topological polar surface area (TPSA) is 162 Å². The van der Waals surface area contributed by atoms with Gasteiger partial charge in [-0.25, -0.2) is 0 Å². The number of ether oxygens (including phenoxy) is 3. The number of methoxy groups -OCH3 is 3. The maximum atomic E-state index is 11.4. The van der Waals surface area contributed by atoms with E-state index in [9.17, 15) is 14.4 Å². The van der Waals surface area contributed by atoms with E-state index >= 15 is 0 Å². The van der Waals surface area contributed by atoms with Crippen LogP contribution in [0.5, 0.6) is 17.2 Å². The highest BCUT2D eigenvalue weighted by atomic mass is 127. The third-order valence-electron chi connectivity index (χ3n) is 9.45. The Hall–Kier alpha value is -4.41. The highest BCUT2D eigenvalue weighted by Gasteiger charge is 2.13. The molecule has 0 bridgehead atoms. The average Bonchev–Trinajstić information content (AvgIpc) is 3.87. The first kappa shape index (κ1) is 46.3. The van der Waals surface area contributed by atoms with Crippen molar-refractivity contribution in [1.29, 1.82) is 0 Å². The largest absolute Gasteiger partial charge is 0.496 e. The zero-order valence-electron chi connectivity index (χ0n) is 34.1. The Balaban J connectivity index is 0.000000193. The van der Waals surface area contributed by atoms with E-state index in [1.807, 2.05) is 63.5 Å². The number of H-pyrrole nitrogens is 3. The van der Waals surface area contributed by atoms with Crippen molar-refractivity contribution in [3.05, 3.63) is 84.2 Å². The fourth-order valence-corrected chi connectivity index (χ4v) is 7.86. The Morgan fingerprint density at radius 2 is 1.28 bits per heavy atom. The molecule has 3 heterocycles. The lowest BCUT2D eigenvalue weighted by Gasteiger charge is -2.05. The van der Waals surface area contributed by atoms with Crippen LogP contribution in [0.1, 0.15) is 62.4 Å². The SMILES string of the molecule is CCC(=O)NCCc1c[nH]c2cc(I)c(OC)cc12.CCCC(=O)NCCc1c[nH]c2cc(Cl)c(OC)cc12.COc1cc2c(CCNC(C)=O)c(C)[nH]c2cc1Br. The smallest absolute Gasteiger partial charge is 0.219 e. The van der Waals surface area contributed by atoms with Gasteiger partial charge in [0.1, 0.15) is 17.2 Å². The Morgan fingerprint density at radius 1 is 0.724 bits per heavy atom. The minimum atomic E-state index is -0.00202. The number of nitrogens with one attached hydrogen (secondary N) is 6. The molecule has 6 N–H and O–H groups in total. The van der Waals surface area contributed by atoms with Crippen LogP contribution in [0.2, 0.25) is 5.02 Å². The summed E-state index contributed by atoms with van der Waals surface area (Å²) < 4.78 is 17.9. The van der Waals surface area contributed by atoms with Gasteiger partial charge in [0, 0.05) is 90.2 Å². The lowest BCUT2D eigenvalue weighted by molar-refractivity contribution is -0.121. The fourth-order valence-electron chi connectivity index (χ4n) is 6.43. The van der Waals surface area contributed by atoms with Crippen LogP contribution in [-0.4, -0.2) is 73.6 Å². The summed E-state index contributed by atoms with van der Waals surface area (Å²) in [5, 5.41) is 12.6. The van der Waals surface area contributed by atoms with Crippen molar-refractivity contribution < 1.29 is 28.6 Å². The van der Waals surface area contributed by atoms with E-state index in [4.69, 9.17) is 25.8 Å². The normalized spacial score (nSPS) is 10.7. The molecule has 3 amide bonds. The summed E-state index contributed by atoms with van der Waals surface area (Å²) in [6.07, 6.45) is 8.32. The Kier molecular flexibility index (Phi) is 18.1. The molecule has 6 aromatic rings. The average molecular weight is 992 g/mol. The molecule has 0 spiro atoms. The van der Waals surface area contributed by atoms with Crippen molar-refractivity contribution >= 4 is 101 Å². The zero-order valence-corrected chi connectivity index (χ0v) is 38.6. The summed E-state index contributed by atoms with van der Waals surface area (Å²) in [5.74, 6) is 2.55. The van der Waals surface area contributed by atoms with Crippen LogP contribution in [0, 0.1) is 10.5 Å². The molecular weight excluding hydrogens is 939 g/mol. The highest BCUT2D eigenvalue weighted by molar-refractivity contribution is 14.1. The van der Waals surface area contributed by atoms with E-state index in [2.05, 4.69) is 75.5 Å². The van der Waals surface area contributed by atoms with Crippen molar-refractivity contribution in [1.82, 2.24) is 30.9 Å². The number of halogens is 3. The van der Waals surface area contributed by atoms with E-state index in [1.54, 1.807) is 21.3 Å². The molecule has 0 aliphatic rings. The molecule has 0 radical (unpaired) electrons. The van der Waals surface area contributed by atoms with Crippen LogP contribution < -0.4 is 30.2 Å². The van der Waals surface area contributed by atoms with Crippen LogP contribution in [-0.2, 0) is 33.6 Å². The summed E-state index contributed by atoms with van der Waals surface area (Å²) in [5.41, 5.74) is 7.83. The second-order valence-electron chi connectivity index (χ2n) is 13.5. The van der Waals surface area contributed by atoms with Gasteiger partial charge < -0.3 is 45.1 Å². The van der Waals surface area contributed by atoms with E-state index in [1.165, 1.54) is 18.1 Å². The van der Waals surface area contributed by atoms with Crippen LogP contribution in [0.4, 0.5) is 0 Å². The summed E-state index contributed by atoms with van der Waals surface area (Å²) in [6, 6.07) is 11.9. The Bertz CT molecular complexity index is 2340. The monoisotopic (exact) mass is 990 g/mol. The first-order chi connectivity index (χ1) is 27.8. The Morgan fingerprint density at radius 3 is 1.84 bits per heavy atom. The summed E-state index contributed by atoms with van der Waals surface area (Å²) in [7, 11) is 4.93. The lowest BCUT2D eigenvalue weighted by atomic mass is 10.1. The van der Waals surface area contributed by atoms with Gasteiger partial charge in [-0.15, -0.1) is 0 Å². The number of fused-ring (bicyclic) bond motifs is 3. The predicted molar refractivity (Wildman–Crippen MR) is 246 cm³/mol. The quantitative estimate of drug-likeness (QED) is 0.0563. The minimum absolute atomic E-state index is 0.00202. The number of rotatable bonds is 15. The summed E-state index contributed by atoms with van der Waals surface area (Å²) in [6.45, 7) is 9.36. The number of aryl methyl sites for hydroxylation is 1. The Labute approximate surface area is 366 Å². The molecule has 58 heavy (non-hydrogen) atoms. The van der Waals surface area contributed by atoms with Gasteiger partial charge >= 0.3 is 0 Å². The second-order valence-corrected chi connectivity index (χ2v) is 15.9. The van der Waals surface area contributed by atoms with Gasteiger partial charge in [0.2, 0.25) is 17.7 Å². The van der Waals surface area contributed by atoms with E-state index in [0.29, 0.717) is 43.2 Å². The number of hydrogen-bond acceptors (Lipinski definition) is 6. The first-order valence-corrected chi connectivity index (χ1v) is 21.4. The molecular formula is C43H53BrClIN6O6. The van der Waals surface area contributed by atoms with Gasteiger partial charge in [0.15, 0.2) is 0 Å². The number of aromatic nitrogens is 3. The summed E-state index contributed by atoms with van der Waals surface area (Å²) >= 11 is 11.8. The molecule has 0 unspecified atom stereocenters. The molecule has 0 fully saturated rings. The van der Waals surface area contributed by atoms with Gasteiger partial charge in [-0.1, -0.05) is 25.4 Å². The molecule has 12 nitrogen and oxygen atoms in total. The van der Waals surface area contributed by atoms with Crippen molar-refractivity contribution in [2.75, 3.05) is 41.0 Å². The standard InChI is InChI=1S/C15H19ClN2O2.C14H17BrN2O2.C14H17IN2O2/c1-3-4-15(19)17-6-5-10-9-18-13-8-12(16)14(20-2)7-11(10)13;1-8-10(4-5-16-9(2)18)11-6-14(19-3)12(15)7-13(11)17-8;1-3-14(18)16-5-4-9-8-17-12-7-11(15)13(19-2)6-10(9)12/h7-9,18H,3-6H2,1-2H3,(H,17,19);6-7,17H,4-5H2,1-3H3,(H,16,18);6-8,17H,3-5H2,1-2H3,(H,16,18). The van der Waals surface area contributed by atoms with E-state index in [-0.39, 0.29) is 17.7 Å². The van der Waals surface area contributed by atoms with Gasteiger partial charge in [-0.2, -0.15) is 0 Å². The molecule has 0 aliphatic heterocycles. The molecule has 0 saturated carbocycles. The maximum absolute atomic E-state index is 11.4. The highest BCUT2D eigenvalue weighted by Crippen LogP contribution is 2.34. The van der Waals surface area contributed by atoms with E-state index in [0.717, 1.165) is 89.2 Å². The second kappa shape index (κ2) is 22.7. The van der Waals surface area contributed by atoms with Gasteiger partial charge in [-0.05, 0) is 124 Å². The van der Waals surface area contributed by atoms with Crippen molar-refractivity contribution in [3.8, 4) is 17.2 Å². The van der Waals surface area contributed by atoms with Gasteiger partial charge in [-0.3, -0.25) is 14.4 Å². The van der Waals surface area contributed by atoms with E-state index < -0.39 is 0 Å². The van der Waals surface area contributed by atoms with Crippen LogP contribution in [0.25, 0.3) is 32.7 Å². The maximum Gasteiger partial charge on any atom is 0.219 e. The number of hydrogen-bond donors (Lipinski definition) is 6. The van der Waals surface area contributed by atoms with Crippen molar-refractivity contribution in [2.24, 2.45) is 0 Å². The molecule has 0 aliphatic carbocycles. The third kappa shape index (κ3) is 12.5. The predicted octanol–water partition coefficient (Wildman–Crippen LogP) is 9.06. The van der Waals surface area contributed by atoms with Crippen molar-refractivity contribution in [3.63, 3.8) is 0 Å². The van der Waals surface area contributed by atoms with Gasteiger partial charge in [0.25, 0.3) is 0 Å². The number of benzene rings is 3. The third-order valence-corrected chi connectivity index (χ3v) is 11.2. The lowest BCUT2D eigenvalue weighted by Crippen LogP contribution is -2.25. The van der Waals surface area contributed by atoms with Crippen LogP contribution in [0.15, 0.2) is 53.3 Å². The first-order valence-electron chi connectivity index (χ1n) is 19.1. The van der Waals surface area contributed by atoms with Gasteiger partial charge in [0.05, 0.1) is 34.4 Å². The minimum Gasteiger partial charge on any atom is -0.496 e. The molecule has 3 aromatic carbocycles. The zero-order chi connectivity index (χ0) is 42.4. The summed E-state index contributed by atoms with van der Waals surface area (Å²) in [4.78, 5) is 43.4. The van der Waals surface area contributed by atoms with Crippen LogP contribution in [0.3, 0.4) is 0 Å². The molecule has 312 valence electrons. The molecule has 0 atom stereocenters.